The summed E-state index contributed by atoms with van der Waals surface area (Å²) in [5, 5.41) is 5.17. The molecule has 0 fully saturated rings. The van der Waals surface area contributed by atoms with Crippen LogP contribution in [-0.2, 0) is 19.0 Å². The highest BCUT2D eigenvalue weighted by molar-refractivity contribution is 5.93. The van der Waals surface area contributed by atoms with Crippen LogP contribution < -0.4 is 10.6 Å². The fourth-order valence-electron chi connectivity index (χ4n) is 2.88. The fraction of sp³-hybridized carbons (Fsp3) is 0.682. The van der Waals surface area contributed by atoms with Crippen LogP contribution in [0.2, 0.25) is 0 Å². The van der Waals surface area contributed by atoms with Gasteiger partial charge in [-0.2, -0.15) is 0 Å². The van der Waals surface area contributed by atoms with Gasteiger partial charge in [0.2, 0.25) is 5.91 Å². The van der Waals surface area contributed by atoms with Crippen molar-refractivity contribution in [2.45, 2.75) is 26.7 Å². The largest absolute Gasteiger partial charge is 0.379 e. The van der Waals surface area contributed by atoms with Crippen LogP contribution in [0.1, 0.15) is 24.0 Å². The van der Waals surface area contributed by atoms with E-state index >= 15 is 0 Å². The van der Waals surface area contributed by atoms with Crippen molar-refractivity contribution in [3.8, 4) is 0 Å². The van der Waals surface area contributed by atoms with Gasteiger partial charge in [-0.15, -0.1) is 0 Å². The molecule has 1 aromatic rings. The van der Waals surface area contributed by atoms with Crippen LogP contribution in [0.3, 0.4) is 0 Å². The first-order valence-corrected chi connectivity index (χ1v) is 10.6. The first-order chi connectivity index (χ1) is 14.0. The van der Waals surface area contributed by atoms with E-state index in [1.54, 1.807) is 0 Å². The van der Waals surface area contributed by atoms with Gasteiger partial charge in [-0.1, -0.05) is 18.2 Å². The normalized spacial score (nSPS) is 11.2. The Labute approximate surface area is 176 Å². The highest BCUT2D eigenvalue weighted by Crippen LogP contribution is 2.19. The van der Waals surface area contributed by atoms with E-state index in [2.05, 4.69) is 17.7 Å². The lowest BCUT2D eigenvalue weighted by molar-refractivity contribution is -0.627. The van der Waals surface area contributed by atoms with Crippen LogP contribution in [-0.4, -0.2) is 84.2 Å². The lowest BCUT2D eigenvalue weighted by atomic mass is 10.1. The van der Waals surface area contributed by atoms with Gasteiger partial charge in [-0.25, -0.2) is 0 Å². The van der Waals surface area contributed by atoms with Gasteiger partial charge in [-0.05, 0) is 38.4 Å². The average molecular weight is 411 g/mol. The number of aryl methyl sites for hydroxylation is 2. The summed E-state index contributed by atoms with van der Waals surface area (Å²) in [5.74, 6) is 0.00858. The smallest absolute Gasteiger partial charge is 0.238 e. The predicted octanol–water partition coefficient (Wildman–Crippen LogP) is 1.20. The highest BCUT2D eigenvalue weighted by atomic mass is 16.5. The topological polar surface area (TPSA) is 76.6 Å². The number of nitrogens with one attached hydrogen (secondary N) is 1. The van der Waals surface area contributed by atoms with Gasteiger partial charge in [0.1, 0.15) is 0 Å². The van der Waals surface area contributed by atoms with Gasteiger partial charge in [0.25, 0.3) is 0 Å². The Morgan fingerprint density at radius 1 is 0.966 bits per heavy atom. The van der Waals surface area contributed by atoms with E-state index in [1.807, 2.05) is 44.0 Å². The van der Waals surface area contributed by atoms with Crippen molar-refractivity contribution >= 4 is 11.6 Å². The first kappa shape index (κ1) is 25.5. The molecule has 7 nitrogen and oxygen atoms in total. The lowest BCUT2D eigenvalue weighted by Crippen LogP contribution is -2.79. The molecule has 1 aromatic carbocycles. The Morgan fingerprint density at radius 2 is 1.52 bits per heavy atom. The summed E-state index contributed by atoms with van der Waals surface area (Å²) in [6, 6.07) is 6.01. The maximum atomic E-state index is 12.2. The van der Waals surface area contributed by atoms with Gasteiger partial charge in [0, 0.05) is 25.3 Å². The molecule has 0 aromatic heterocycles. The van der Waals surface area contributed by atoms with Crippen molar-refractivity contribution in [1.29, 1.82) is 0 Å². The predicted molar refractivity (Wildman–Crippen MR) is 116 cm³/mol. The van der Waals surface area contributed by atoms with Gasteiger partial charge in [-0.3, -0.25) is 9.69 Å². The molecule has 166 valence electrons. The van der Waals surface area contributed by atoms with E-state index < -0.39 is 0 Å². The molecule has 0 aliphatic rings. The molecule has 0 spiro atoms. The molecule has 0 radical (unpaired) electrons. The van der Waals surface area contributed by atoms with Crippen molar-refractivity contribution in [2.75, 3.05) is 78.7 Å². The quantitative estimate of drug-likeness (QED) is 0.378. The van der Waals surface area contributed by atoms with Gasteiger partial charge < -0.3 is 24.8 Å². The molecule has 0 saturated carbocycles. The number of carbonyl (C=O) groups excluding carboxylic acids is 1. The van der Waals surface area contributed by atoms with Crippen LogP contribution >= 0.6 is 0 Å². The number of benzene rings is 1. The van der Waals surface area contributed by atoms with E-state index in [1.165, 1.54) is 0 Å². The molecule has 1 amide bonds. The van der Waals surface area contributed by atoms with Gasteiger partial charge in [0.05, 0.1) is 53.2 Å². The molecule has 29 heavy (non-hydrogen) atoms. The number of carbonyl (C=O) groups is 1. The number of para-hydroxylation sites is 1. The van der Waals surface area contributed by atoms with E-state index in [-0.39, 0.29) is 5.91 Å². The SMILES string of the molecule is C[NH2+]CCCOCCOCCOCCCN(C)CC(=O)Nc1c(C)cccc1C. The molecule has 3 N–H and O–H groups in total. The minimum absolute atomic E-state index is 0.00858. The number of nitrogens with zero attached hydrogens (tertiary/aromatic N) is 1. The second-order valence-electron chi connectivity index (χ2n) is 7.29. The summed E-state index contributed by atoms with van der Waals surface area (Å²) in [7, 11) is 4.01. The van der Waals surface area contributed by atoms with Crippen LogP contribution in [0.5, 0.6) is 0 Å². The summed E-state index contributed by atoms with van der Waals surface area (Å²) in [6.45, 7) is 10.2. The zero-order chi connectivity index (χ0) is 21.3. The molecular formula is C22H40N3O4+. The summed E-state index contributed by atoms with van der Waals surface area (Å²) in [4.78, 5) is 14.3. The molecule has 0 aliphatic heterocycles. The Kier molecular flexibility index (Phi) is 14.4. The summed E-state index contributed by atoms with van der Waals surface area (Å²) < 4.78 is 16.5. The van der Waals surface area contributed by atoms with Gasteiger partial charge >= 0.3 is 0 Å². The molecule has 0 atom stereocenters. The number of quaternary nitrogens is 1. The Bertz CT molecular complexity index is 549. The van der Waals surface area contributed by atoms with E-state index in [4.69, 9.17) is 14.2 Å². The number of nitrogens with two attached hydrogens (primary N) is 1. The van der Waals surface area contributed by atoms with Crippen LogP contribution in [0, 0.1) is 13.8 Å². The van der Waals surface area contributed by atoms with Crippen molar-refractivity contribution in [3.63, 3.8) is 0 Å². The number of hydrogen-bond donors (Lipinski definition) is 2. The van der Waals surface area contributed by atoms with Crippen molar-refractivity contribution in [3.05, 3.63) is 29.3 Å². The first-order valence-electron chi connectivity index (χ1n) is 10.6. The summed E-state index contributed by atoms with van der Waals surface area (Å²) in [6.07, 6.45) is 1.95. The zero-order valence-electron chi connectivity index (χ0n) is 18.7. The maximum Gasteiger partial charge on any atom is 0.238 e. The number of hydrogen-bond acceptors (Lipinski definition) is 5. The standard InChI is InChI=1S/C22H39N3O4/c1-19-8-5-9-20(2)22(19)24-21(26)18-25(4)11-7-13-28-15-17-29-16-14-27-12-6-10-23-3/h5,8-9,23H,6-7,10-18H2,1-4H3,(H,24,26)/p+1. The number of anilines is 1. The van der Waals surface area contributed by atoms with Gasteiger partial charge in [0.15, 0.2) is 0 Å². The Balaban J connectivity index is 1.97. The molecule has 0 saturated heterocycles. The molecule has 0 aliphatic carbocycles. The van der Waals surface area contributed by atoms with Crippen molar-refractivity contribution in [1.82, 2.24) is 4.90 Å². The van der Waals surface area contributed by atoms with Crippen LogP contribution in [0.25, 0.3) is 0 Å². The zero-order valence-corrected chi connectivity index (χ0v) is 18.7. The monoisotopic (exact) mass is 410 g/mol. The van der Waals surface area contributed by atoms with E-state index in [0.717, 1.165) is 49.4 Å². The van der Waals surface area contributed by atoms with Crippen LogP contribution in [0.4, 0.5) is 5.69 Å². The van der Waals surface area contributed by atoms with E-state index in [9.17, 15) is 4.79 Å². The molecule has 0 heterocycles. The minimum Gasteiger partial charge on any atom is -0.379 e. The molecule has 0 bridgehead atoms. The summed E-state index contributed by atoms with van der Waals surface area (Å²) >= 11 is 0. The third kappa shape index (κ3) is 12.6. The number of likely N-dealkylation sites (N-methyl/N-ethyl adjacent to an activating group) is 1. The third-order valence-electron chi connectivity index (χ3n) is 4.51. The average Bonchev–Trinajstić information content (AvgIpc) is 2.68. The highest BCUT2D eigenvalue weighted by Gasteiger charge is 2.09. The minimum atomic E-state index is 0.00858. The fourth-order valence-corrected chi connectivity index (χ4v) is 2.88. The molecular weight excluding hydrogens is 370 g/mol. The second kappa shape index (κ2) is 16.3. The lowest BCUT2D eigenvalue weighted by Gasteiger charge is -2.17. The second-order valence-corrected chi connectivity index (χ2v) is 7.29. The molecule has 1 rings (SSSR count). The number of ether oxygens (including phenoxy) is 3. The van der Waals surface area contributed by atoms with E-state index in [0.29, 0.717) is 39.6 Å². The third-order valence-corrected chi connectivity index (χ3v) is 4.51. The molecule has 7 heteroatoms. The number of rotatable bonds is 17. The number of amides is 1. The van der Waals surface area contributed by atoms with Crippen molar-refractivity contribution in [2.24, 2.45) is 0 Å². The molecule has 0 unspecified atom stereocenters. The summed E-state index contributed by atoms with van der Waals surface area (Å²) in [5.41, 5.74) is 3.08. The maximum absolute atomic E-state index is 12.2. The Morgan fingerprint density at radius 3 is 2.10 bits per heavy atom. The van der Waals surface area contributed by atoms with Crippen LogP contribution in [0.15, 0.2) is 18.2 Å². The Hall–Kier alpha value is -1.51. The van der Waals surface area contributed by atoms with Crippen molar-refractivity contribution < 1.29 is 24.3 Å².